The third-order valence-corrected chi connectivity index (χ3v) is 5.53. The highest BCUT2D eigenvalue weighted by molar-refractivity contribution is 5.95. The first-order chi connectivity index (χ1) is 12.1. The van der Waals surface area contributed by atoms with Gasteiger partial charge in [0.1, 0.15) is 0 Å². The molecule has 2 atom stereocenters. The van der Waals surface area contributed by atoms with Gasteiger partial charge in [-0.25, -0.2) is 4.79 Å². The number of nitrogens with zero attached hydrogens (tertiary/aromatic N) is 2. The van der Waals surface area contributed by atoms with E-state index in [9.17, 15) is 9.59 Å². The maximum absolute atomic E-state index is 12.7. The van der Waals surface area contributed by atoms with Crippen molar-refractivity contribution in [2.75, 3.05) is 30.3 Å². The van der Waals surface area contributed by atoms with Gasteiger partial charge < -0.3 is 15.5 Å². The maximum atomic E-state index is 12.7. The predicted molar refractivity (Wildman–Crippen MR) is 97.6 cm³/mol. The fourth-order valence-corrected chi connectivity index (χ4v) is 3.93. The number of carbonyl (C=O) groups is 2. The zero-order valence-corrected chi connectivity index (χ0v) is 14.7. The second-order valence-corrected chi connectivity index (χ2v) is 7.57. The van der Waals surface area contributed by atoms with Gasteiger partial charge in [-0.05, 0) is 57.4 Å². The lowest BCUT2D eigenvalue weighted by molar-refractivity contribution is -0.117. The molecule has 3 amide bonds. The fraction of sp³-hybridized carbons (Fsp3) is 0.579. The number of urea groups is 1. The summed E-state index contributed by atoms with van der Waals surface area (Å²) in [6.07, 6.45) is 4.37. The van der Waals surface area contributed by atoms with E-state index in [2.05, 4.69) is 22.5 Å². The summed E-state index contributed by atoms with van der Waals surface area (Å²) in [6, 6.07) is 8.07. The Balaban J connectivity index is 1.39. The average Bonchev–Trinajstić information content (AvgIpc) is 3.34. The quantitative estimate of drug-likeness (QED) is 0.888. The molecular formula is C19H26N4O2. The molecule has 3 aliphatic rings. The standard InChI is InChI=1S/C19H26N4O2/c1-13-11-22-9-3-6-17(22)12-23(13)19(25)21-16-5-2-4-15(10-16)20-18(24)14-7-8-14/h2,4-5,10,13-14,17H,3,6-9,11-12H2,1H3,(H,20,24)(H,21,25)/t13-,17+/m0/s1. The molecule has 2 saturated heterocycles. The van der Waals surface area contributed by atoms with Crippen LogP contribution in [0.2, 0.25) is 0 Å². The molecule has 6 heteroatoms. The molecule has 4 rings (SSSR count). The van der Waals surface area contributed by atoms with Gasteiger partial charge in [-0.15, -0.1) is 0 Å². The highest BCUT2D eigenvalue weighted by Gasteiger charge is 2.36. The van der Waals surface area contributed by atoms with Crippen molar-refractivity contribution in [1.29, 1.82) is 0 Å². The molecule has 2 heterocycles. The van der Waals surface area contributed by atoms with E-state index in [4.69, 9.17) is 0 Å². The Morgan fingerprint density at radius 1 is 1.08 bits per heavy atom. The van der Waals surface area contributed by atoms with E-state index in [1.807, 2.05) is 29.2 Å². The number of amides is 3. The van der Waals surface area contributed by atoms with Gasteiger partial charge in [0, 0.05) is 42.5 Å². The van der Waals surface area contributed by atoms with Gasteiger partial charge in [-0.1, -0.05) is 6.07 Å². The SMILES string of the molecule is C[C@H]1CN2CCC[C@@H]2CN1C(=O)Nc1cccc(NC(=O)C2CC2)c1. The van der Waals surface area contributed by atoms with Gasteiger partial charge in [-0.2, -0.15) is 0 Å². The van der Waals surface area contributed by atoms with Crippen molar-refractivity contribution < 1.29 is 9.59 Å². The minimum atomic E-state index is -0.0512. The number of carbonyl (C=O) groups excluding carboxylic acids is 2. The van der Waals surface area contributed by atoms with Gasteiger partial charge in [0.25, 0.3) is 0 Å². The zero-order chi connectivity index (χ0) is 17.4. The Morgan fingerprint density at radius 3 is 2.60 bits per heavy atom. The van der Waals surface area contributed by atoms with E-state index < -0.39 is 0 Å². The molecule has 0 bridgehead atoms. The van der Waals surface area contributed by atoms with E-state index in [1.54, 1.807) is 0 Å². The normalized spacial score (nSPS) is 26.2. The monoisotopic (exact) mass is 342 g/mol. The van der Waals surface area contributed by atoms with Crippen LogP contribution in [0.3, 0.4) is 0 Å². The molecule has 0 radical (unpaired) electrons. The van der Waals surface area contributed by atoms with Crippen LogP contribution in [0.4, 0.5) is 16.2 Å². The van der Waals surface area contributed by atoms with Crippen LogP contribution in [0.1, 0.15) is 32.6 Å². The van der Waals surface area contributed by atoms with Crippen molar-refractivity contribution in [3.63, 3.8) is 0 Å². The molecule has 2 N–H and O–H groups in total. The summed E-state index contributed by atoms with van der Waals surface area (Å²) in [5.41, 5.74) is 1.46. The summed E-state index contributed by atoms with van der Waals surface area (Å²) in [6.45, 7) is 5.02. The van der Waals surface area contributed by atoms with Crippen LogP contribution in [0, 0.1) is 5.92 Å². The summed E-state index contributed by atoms with van der Waals surface area (Å²) in [5, 5.41) is 5.92. The van der Waals surface area contributed by atoms with E-state index in [0.29, 0.717) is 6.04 Å². The number of hydrogen-bond donors (Lipinski definition) is 2. The summed E-state index contributed by atoms with van der Waals surface area (Å²) in [4.78, 5) is 29.1. The highest BCUT2D eigenvalue weighted by atomic mass is 16.2. The molecule has 1 saturated carbocycles. The second kappa shape index (κ2) is 6.67. The number of piperazine rings is 1. The second-order valence-electron chi connectivity index (χ2n) is 7.57. The number of anilines is 2. The van der Waals surface area contributed by atoms with Gasteiger partial charge >= 0.3 is 6.03 Å². The Labute approximate surface area is 148 Å². The first-order valence-corrected chi connectivity index (χ1v) is 9.33. The highest BCUT2D eigenvalue weighted by Crippen LogP contribution is 2.30. The summed E-state index contributed by atoms with van der Waals surface area (Å²) in [5.74, 6) is 0.247. The van der Waals surface area contributed by atoms with Crippen molar-refractivity contribution in [3.05, 3.63) is 24.3 Å². The lowest BCUT2D eigenvalue weighted by atomic mass is 10.1. The lowest BCUT2D eigenvalue weighted by Gasteiger charge is -2.42. The van der Waals surface area contributed by atoms with Crippen molar-refractivity contribution in [2.45, 2.75) is 44.7 Å². The summed E-state index contributed by atoms with van der Waals surface area (Å²) >= 11 is 0. The number of rotatable bonds is 3. The Bertz CT molecular complexity index is 673. The van der Waals surface area contributed by atoms with E-state index in [0.717, 1.165) is 43.9 Å². The molecule has 2 aliphatic heterocycles. The van der Waals surface area contributed by atoms with Crippen molar-refractivity contribution in [1.82, 2.24) is 9.80 Å². The average molecular weight is 342 g/mol. The smallest absolute Gasteiger partial charge is 0.322 e. The topological polar surface area (TPSA) is 64.7 Å². The summed E-state index contributed by atoms with van der Waals surface area (Å²) in [7, 11) is 0. The largest absolute Gasteiger partial charge is 0.326 e. The third kappa shape index (κ3) is 3.63. The van der Waals surface area contributed by atoms with Crippen LogP contribution in [0.5, 0.6) is 0 Å². The summed E-state index contributed by atoms with van der Waals surface area (Å²) < 4.78 is 0. The Morgan fingerprint density at radius 2 is 1.84 bits per heavy atom. The van der Waals surface area contributed by atoms with E-state index in [-0.39, 0.29) is 23.9 Å². The fourth-order valence-electron chi connectivity index (χ4n) is 3.93. The van der Waals surface area contributed by atoms with Crippen LogP contribution in [-0.2, 0) is 4.79 Å². The number of fused-ring (bicyclic) bond motifs is 1. The molecule has 1 aromatic carbocycles. The van der Waals surface area contributed by atoms with E-state index >= 15 is 0 Å². The number of nitrogens with one attached hydrogen (secondary N) is 2. The Hall–Kier alpha value is -2.08. The molecule has 6 nitrogen and oxygen atoms in total. The lowest BCUT2D eigenvalue weighted by Crippen LogP contribution is -2.57. The van der Waals surface area contributed by atoms with Crippen LogP contribution < -0.4 is 10.6 Å². The maximum Gasteiger partial charge on any atom is 0.322 e. The van der Waals surface area contributed by atoms with E-state index in [1.165, 1.54) is 12.8 Å². The molecule has 1 aromatic rings. The van der Waals surface area contributed by atoms with Crippen LogP contribution in [-0.4, -0.2) is 53.5 Å². The molecule has 0 spiro atoms. The van der Waals surface area contributed by atoms with Crippen molar-refractivity contribution in [3.8, 4) is 0 Å². The molecule has 0 aromatic heterocycles. The van der Waals surface area contributed by atoms with Crippen LogP contribution in [0.15, 0.2) is 24.3 Å². The van der Waals surface area contributed by atoms with Crippen molar-refractivity contribution >= 4 is 23.3 Å². The first-order valence-electron chi connectivity index (χ1n) is 9.33. The molecule has 1 aliphatic carbocycles. The van der Waals surface area contributed by atoms with Gasteiger partial charge in [-0.3, -0.25) is 9.69 Å². The Kier molecular flexibility index (Phi) is 4.37. The van der Waals surface area contributed by atoms with Gasteiger partial charge in [0.05, 0.1) is 0 Å². The molecule has 134 valence electrons. The first kappa shape index (κ1) is 16.4. The molecule has 25 heavy (non-hydrogen) atoms. The minimum Gasteiger partial charge on any atom is -0.326 e. The van der Waals surface area contributed by atoms with Crippen LogP contribution in [0.25, 0.3) is 0 Å². The molecule has 0 unspecified atom stereocenters. The number of benzene rings is 1. The van der Waals surface area contributed by atoms with Crippen LogP contribution >= 0.6 is 0 Å². The van der Waals surface area contributed by atoms with Gasteiger partial charge in [0.2, 0.25) is 5.91 Å². The number of hydrogen-bond acceptors (Lipinski definition) is 3. The van der Waals surface area contributed by atoms with Gasteiger partial charge in [0.15, 0.2) is 0 Å². The third-order valence-electron chi connectivity index (χ3n) is 5.53. The predicted octanol–water partition coefficient (Wildman–Crippen LogP) is 2.74. The molecular weight excluding hydrogens is 316 g/mol. The molecule has 3 fully saturated rings. The van der Waals surface area contributed by atoms with Crippen molar-refractivity contribution in [2.24, 2.45) is 5.92 Å². The minimum absolute atomic E-state index is 0.0512. The zero-order valence-electron chi connectivity index (χ0n) is 14.7.